The van der Waals surface area contributed by atoms with E-state index in [1.54, 1.807) is 0 Å². The van der Waals surface area contributed by atoms with Gasteiger partial charge in [-0.15, -0.1) is 0 Å². The molecular weight excluding hydrogens is 366 g/mol. The third kappa shape index (κ3) is 2.96. The molecule has 1 spiro atoms. The van der Waals surface area contributed by atoms with Gasteiger partial charge in [0.15, 0.2) is 0 Å². The van der Waals surface area contributed by atoms with Crippen LogP contribution >= 0.6 is 0 Å². The highest BCUT2D eigenvalue weighted by atomic mass is 32.2. The highest BCUT2D eigenvalue weighted by Gasteiger charge is 2.54. The molecule has 4 heterocycles. The number of nitrogens with zero attached hydrogens (tertiary/aromatic N) is 4. The number of halogens is 2. The van der Waals surface area contributed by atoms with Crippen LogP contribution in [-0.4, -0.2) is 71.8 Å². The minimum atomic E-state index is -3.83. The van der Waals surface area contributed by atoms with Crippen molar-refractivity contribution in [2.75, 3.05) is 32.8 Å². The monoisotopic (exact) mass is 390 g/mol. The van der Waals surface area contributed by atoms with Crippen LogP contribution in [0.5, 0.6) is 0 Å². The van der Waals surface area contributed by atoms with Crippen LogP contribution in [0.4, 0.5) is 8.78 Å². The van der Waals surface area contributed by atoms with E-state index in [-0.39, 0.29) is 23.7 Å². The fourth-order valence-corrected chi connectivity index (χ4v) is 6.06. The summed E-state index contributed by atoms with van der Waals surface area (Å²) in [5, 5.41) is 3.51. The van der Waals surface area contributed by atoms with Crippen molar-refractivity contribution < 1.29 is 21.9 Å². The van der Waals surface area contributed by atoms with Crippen molar-refractivity contribution in [1.29, 1.82) is 0 Å². The van der Waals surface area contributed by atoms with Crippen molar-refractivity contribution in [2.45, 2.75) is 55.7 Å². The molecule has 26 heavy (non-hydrogen) atoms. The van der Waals surface area contributed by atoms with Crippen molar-refractivity contribution >= 4 is 10.0 Å². The van der Waals surface area contributed by atoms with E-state index >= 15 is 0 Å². The van der Waals surface area contributed by atoms with Crippen LogP contribution < -0.4 is 0 Å². The number of piperidine rings is 1. The second-order valence-corrected chi connectivity index (χ2v) is 9.44. The van der Waals surface area contributed by atoms with Crippen LogP contribution in [0.1, 0.15) is 37.9 Å². The Kier molecular flexibility index (Phi) is 4.57. The molecule has 1 aromatic rings. The highest BCUT2D eigenvalue weighted by molar-refractivity contribution is 7.89. The van der Waals surface area contributed by atoms with Gasteiger partial charge in [0.05, 0.1) is 24.1 Å². The second-order valence-electron chi connectivity index (χ2n) is 7.54. The molecule has 1 atom stereocenters. The van der Waals surface area contributed by atoms with Crippen LogP contribution in [0.15, 0.2) is 11.1 Å². The predicted molar refractivity (Wildman–Crippen MR) is 89.5 cm³/mol. The number of alkyl halides is 2. The fraction of sp³-hybridized carbons (Fsp3) is 0.812. The Morgan fingerprint density at radius 3 is 2.58 bits per heavy atom. The van der Waals surface area contributed by atoms with E-state index in [1.807, 2.05) is 0 Å². The standard InChI is InChI=1S/C16H24F2N4O3S/c1-12-14(8-19-22(12)15(17)18)26(23,24)21-10-16(11-21)7-13(9-25-16)20-5-3-2-4-6-20/h8,13,15H,2-7,9-11H2,1H3. The Morgan fingerprint density at radius 2 is 1.96 bits per heavy atom. The molecule has 0 aromatic carbocycles. The summed E-state index contributed by atoms with van der Waals surface area (Å²) < 4.78 is 59.0. The van der Waals surface area contributed by atoms with Crippen LogP contribution in [0.2, 0.25) is 0 Å². The first-order valence-corrected chi connectivity index (χ1v) is 10.5. The lowest BCUT2D eigenvalue weighted by Gasteiger charge is -2.46. The molecule has 0 amide bonds. The third-order valence-corrected chi connectivity index (χ3v) is 7.72. The molecular formula is C16H24F2N4O3S. The lowest BCUT2D eigenvalue weighted by atomic mass is 9.91. The number of hydrogen-bond donors (Lipinski definition) is 0. The number of rotatable bonds is 4. The van der Waals surface area contributed by atoms with Crippen molar-refractivity contribution in [2.24, 2.45) is 0 Å². The minimum Gasteiger partial charge on any atom is -0.371 e. The van der Waals surface area contributed by atoms with E-state index in [2.05, 4.69) is 10.00 Å². The maximum absolute atomic E-state index is 12.9. The van der Waals surface area contributed by atoms with Gasteiger partial charge >= 0.3 is 6.55 Å². The van der Waals surface area contributed by atoms with E-state index in [0.29, 0.717) is 17.3 Å². The van der Waals surface area contributed by atoms with Crippen LogP contribution in [-0.2, 0) is 14.8 Å². The molecule has 0 radical (unpaired) electrons. The summed E-state index contributed by atoms with van der Waals surface area (Å²) in [4.78, 5) is 2.30. The topological polar surface area (TPSA) is 67.7 Å². The number of likely N-dealkylation sites (tertiary alicyclic amines) is 1. The molecule has 10 heteroatoms. The van der Waals surface area contributed by atoms with E-state index in [1.165, 1.54) is 30.5 Å². The van der Waals surface area contributed by atoms with Gasteiger partial charge < -0.3 is 4.74 Å². The summed E-state index contributed by atoms with van der Waals surface area (Å²) >= 11 is 0. The summed E-state index contributed by atoms with van der Waals surface area (Å²) in [7, 11) is -3.83. The van der Waals surface area contributed by atoms with Crippen molar-refractivity contribution in [1.82, 2.24) is 19.0 Å². The van der Waals surface area contributed by atoms with E-state index < -0.39 is 22.2 Å². The Morgan fingerprint density at radius 1 is 1.27 bits per heavy atom. The normalized spacial score (nSPS) is 27.3. The van der Waals surface area contributed by atoms with E-state index in [9.17, 15) is 17.2 Å². The first-order chi connectivity index (χ1) is 12.3. The summed E-state index contributed by atoms with van der Waals surface area (Å²) in [5.74, 6) is 0. The smallest absolute Gasteiger partial charge is 0.333 e. The number of ether oxygens (including phenoxy) is 1. The Labute approximate surface area is 151 Å². The highest BCUT2D eigenvalue weighted by Crippen LogP contribution is 2.40. The van der Waals surface area contributed by atoms with E-state index in [0.717, 1.165) is 25.7 Å². The maximum Gasteiger partial charge on any atom is 0.333 e. The minimum absolute atomic E-state index is 0.0421. The number of hydrogen-bond acceptors (Lipinski definition) is 5. The Hall–Kier alpha value is -1.10. The number of sulfonamides is 1. The van der Waals surface area contributed by atoms with Crippen LogP contribution in [0.3, 0.4) is 0 Å². The average Bonchev–Trinajstić information content (AvgIpc) is 3.18. The van der Waals surface area contributed by atoms with Gasteiger partial charge in [-0.25, -0.2) is 13.1 Å². The predicted octanol–water partition coefficient (Wildman–Crippen LogP) is 1.60. The molecule has 3 saturated heterocycles. The zero-order valence-electron chi connectivity index (χ0n) is 14.8. The molecule has 3 aliphatic heterocycles. The summed E-state index contributed by atoms with van der Waals surface area (Å²) in [6.45, 7) is 1.84. The van der Waals surface area contributed by atoms with Gasteiger partial charge in [0.2, 0.25) is 10.0 Å². The molecule has 0 bridgehead atoms. The first-order valence-electron chi connectivity index (χ1n) is 9.03. The van der Waals surface area contributed by atoms with Gasteiger partial charge in [0.25, 0.3) is 0 Å². The number of aromatic nitrogens is 2. The van der Waals surface area contributed by atoms with Gasteiger partial charge in [-0.1, -0.05) is 6.42 Å². The van der Waals surface area contributed by atoms with Crippen molar-refractivity contribution in [3.05, 3.63) is 11.9 Å². The van der Waals surface area contributed by atoms with Gasteiger partial charge in [-0.2, -0.15) is 18.2 Å². The van der Waals surface area contributed by atoms with Crippen LogP contribution in [0, 0.1) is 6.92 Å². The zero-order valence-corrected chi connectivity index (χ0v) is 15.6. The fourth-order valence-electron chi connectivity index (χ4n) is 4.32. The maximum atomic E-state index is 12.9. The molecule has 3 fully saturated rings. The van der Waals surface area contributed by atoms with Crippen molar-refractivity contribution in [3.63, 3.8) is 0 Å². The quantitative estimate of drug-likeness (QED) is 0.781. The molecule has 1 aromatic heterocycles. The second kappa shape index (κ2) is 6.50. The third-order valence-electron chi connectivity index (χ3n) is 5.83. The first kappa shape index (κ1) is 18.3. The molecule has 4 rings (SSSR count). The SMILES string of the molecule is Cc1c(S(=O)(=O)N2CC3(CC(N4CCCCC4)CO3)C2)cnn1C(F)F. The zero-order chi connectivity index (χ0) is 18.5. The largest absolute Gasteiger partial charge is 0.371 e. The lowest BCUT2D eigenvalue weighted by Crippen LogP contribution is -2.63. The molecule has 0 saturated carbocycles. The van der Waals surface area contributed by atoms with Gasteiger partial charge in [-0.3, -0.25) is 4.90 Å². The Balaban J connectivity index is 1.42. The summed E-state index contributed by atoms with van der Waals surface area (Å²) in [6, 6.07) is 0.350. The summed E-state index contributed by atoms with van der Waals surface area (Å²) in [5.41, 5.74) is -0.471. The molecule has 3 aliphatic rings. The summed E-state index contributed by atoms with van der Waals surface area (Å²) in [6.07, 6.45) is 5.52. The molecule has 0 N–H and O–H groups in total. The lowest BCUT2D eigenvalue weighted by molar-refractivity contribution is -0.0774. The van der Waals surface area contributed by atoms with Crippen LogP contribution in [0.25, 0.3) is 0 Å². The van der Waals surface area contributed by atoms with Gasteiger partial charge in [-0.05, 0) is 39.3 Å². The average molecular weight is 390 g/mol. The van der Waals surface area contributed by atoms with Crippen molar-refractivity contribution in [3.8, 4) is 0 Å². The molecule has 7 nitrogen and oxygen atoms in total. The molecule has 0 aliphatic carbocycles. The van der Waals surface area contributed by atoms with E-state index in [4.69, 9.17) is 4.74 Å². The van der Waals surface area contributed by atoms with Gasteiger partial charge in [0.1, 0.15) is 4.90 Å². The van der Waals surface area contributed by atoms with Gasteiger partial charge in [0, 0.05) is 19.1 Å². The molecule has 146 valence electrons. The molecule has 1 unspecified atom stereocenters. The Bertz CT molecular complexity index is 770.